The summed E-state index contributed by atoms with van der Waals surface area (Å²) in [5, 5.41) is 4.76. The standard InChI is InChI=1S/C28H30BrClN2O3/c1-5-34-25-15-20(14-23(29)27(25)35-18-21-8-6-7-9-24(21)30)17-31-32-26(33)16-19-10-12-22(13-11-19)28(2,3)4/h6-15,17H,5,16,18H2,1-4H3,(H,32,33). The first-order valence-corrected chi connectivity index (χ1v) is 12.6. The van der Waals surface area contributed by atoms with Crippen molar-refractivity contribution < 1.29 is 14.3 Å². The monoisotopic (exact) mass is 556 g/mol. The zero-order valence-corrected chi connectivity index (χ0v) is 22.7. The molecular formula is C28H30BrClN2O3. The topological polar surface area (TPSA) is 59.9 Å². The average molecular weight is 558 g/mol. The highest BCUT2D eigenvalue weighted by Crippen LogP contribution is 2.37. The quantitative estimate of drug-likeness (QED) is 0.226. The molecule has 0 aliphatic heterocycles. The Balaban J connectivity index is 1.64. The molecule has 35 heavy (non-hydrogen) atoms. The Morgan fingerprint density at radius 2 is 1.80 bits per heavy atom. The molecule has 1 N–H and O–H groups in total. The number of halogens is 2. The van der Waals surface area contributed by atoms with E-state index in [0.717, 1.165) is 16.7 Å². The van der Waals surface area contributed by atoms with Gasteiger partial charge in [0.15, 0.2) is 11.5 Å². The Morgan fingerprint density at radius 1 is 1.09 bits per heavy atom. The normalized spacial score (nSPS) is 11.5. The Labute approximate surface area is 220 Å². The summed E-state index contributed by atoms with van der Waals surface area (Å²) in [6, 6.07) is 19.3. The first kappa shape index (κ1) is 26.8. The summed E-state index contributed by atoms with van der Waals surface area (Å²) in [6.45, 7) is 9.17. The molecule has 0 aliphatic rings. The van der Waals surface area contributed by atoms with E-state index in [1.54, 1.807) is 6.21 Å². The largest absolute Gasteiger partial charge is 0.490 e. The summed E-state index contributed by atoms with van der Waals surface area (Å²) >= 11 is 9.80. The maximum absolute atomic E-state index is 12.3. The van der Waals surface area contributed by atoms with Gasteiger partial charge in [0.25, 0.3) is 0 Å². The summed E-state index contributed by atoms with van der Waals surface area (Å²) < 4.78 is 12.5. The molecule has 0 heterocycles. The number of benzene rings is 3. The molecule has 0 saturated heterocycles. The highest BCUT2D eigenvalue weighted by atomic mass is 79.9. The molecule has 7 heteroatoms. The van der Waals surface area contributed by atoms with Crippen molar-refractivity contribution in [3.8, 4) is 11.5 Å². The molecule has 5 nitrogen and oxygen atoms in total. The molecule has 0 spiro atoms. The van der Waals surface area contributed by atoms with Crippen molar-refractivity contribution >= 4 is 39.7 Å². The zero-order chi connectivity index (χ0) is 25.4. The molecule has 0 fully saturated rings. The number of hydrogen-bond acceptors (Lipinski definition) is 4. The van der Waals surface area contributed by atoms with Crippen molar-refractivity contribution in [2.24, 2.45) is 5.10 Å². The number of rotatable bonds is 9. The van der Waals surface area contributed by atoms with Gasteiger partial charge in [-0.2, -0.15) is 5.10 Å². The van der Waals surface area contributed by atoms with Gasteiger partial charge in [-0.15, -0.1) is 0 Å². The fraction of sp³-hybridized carbons (Fsp3) is 0.286. The minimum absolute atomic E-state index is 0.0783. The van der Waals surface area contributed by atoms with Gasteiger partial charge in [0.05, 0.1) is 23.7 Å². The predicted molar refractivity (Wildman–Crippen MR) is 146 cm³/mol. The van der Waals surface area contributed by atoms with Crippen LogP contribution >= 0.6 is 27.5 Å². The second-order valence-corrected chi connectivity index (χ2v) is 10.3. The van der Waals surface area contributed by atoms with Crippen LogP contribution in [0.15, 0.2) is 70.2 Å². The van der Waals surface area contributed by atoms with Crippen LogP contribution in [0.25, 0.3) is 0 Å². The minimum Gasteiger partial charge on any atom is -0.490 e. The first-order valence-electron chi connectivity index (χ1n) is 11.4. The van der Waals surface area contributed by atoms with Crippen LogP contribution in [0.3, 0.4) is 0 Å². The fourth-order valence-corrected chi connectivity index (χ4v) is 4.12. The van der Waals surface area contributed by atoms with Crippen molar-refractivity contribution in [3.05, 3.63) is 92.4 Å². The van der Waals surface area contributed by atoms with Crippen molar-refractivity contribution in [2.45, 2.75) is 46.1 Å². The molecule has 1 amide bonds. The van der Waals surface area contributed by atoms with E-state index in [-0.39, 0.29) is 17.7 Å². The third-order valence-corrected chi connectivity index (χ3v) is 6.21. The van der Waals surface area contributed by atoms with Gasteiger partial charge in [0.1, 0.15) is 6.61 Å². The van der Waals surface area contributed by atoms with E-state index in [4.69, 9.17) is 21.1 Å². The van der Waals surface area contributed by atoms with Gasteiger partial charge in [-0.05, 0) is 63.2 Å². The van der Waals surface area contributed by atoms with Crippen LogP contribution < -0.4 is 14.9 Å². The SMILES string of the molecule is CCOc1cc(C=NNC(=O)Cc2ccc(C(C)(C)C)cc2)cc(Br)c1OCc1ccccc1Cl. The average Bonchev–Trinajstić information content (AvgIpc) is 2.79. The second-order valence-electron chi connectivity index (χ2n) is 9.06. The van der Waals surface area contributed by atoms with E-state index in [1.807, 2.05) is 55.5 Å². The lowest BCUT2D eigenvalue weighted by Gasteiger charge is -2.19. The van der Waals surface area contributed by atoms with E-state index in [2.05, 4.69) is 59.4 Å². The Morgan fingerprint density at radius 3 is 2.46 bits per heavy atom. The van der Waals surface area contributed by atoms with Gasteiger partial charge in [-0.25, -0.2) is 5.43 Å². The molecule has 3 aromatic carbocycles. The number of nitrogens with one attached hydrogen (secondary N) is 1. The summed E-state index contributed by atoms with van der Waals surface area (Å²) in [7, 11) is 0. The van der Waals surface area contributed by atoms with E-state index in [1.165, 1.54) is 5.56 Å². The number of hydrazone groups is 1. The zero-order valence-electron chi connectivity index (χ0n) is 20.4. The summed E-state index contributed by atoms with van der Waals surface area (Å²) in [5.41, 5.74) is 6.47. The van der Waals surface area contributed by atoms with Crippen LogP contribution in [0.5, 0.6) is 11.5 Å². The van der Waals surface area contributed by atoms with E-state index in [9.17, 15) is 4.79 Å². The van der Waals surface area contributed by atoms with Gasteiger partial charge in [-0.3, -0.25) is 4.79 Å². The molecule has 0 radical (unpaired) electrons. The summed E-state index contributed by atoms with van der Waals surface area (Å²) in [6.07, 6.45) is 1.83. The van der Waals surface area contributed by atoms with E-state index in [0.29, 0.717) is 34.2 Å². The maximum atomic E-state index is 12.3. The lowest BCUT2D eigenvalue weighted by molar-refractivity contribution is -0.120. The molecule has 184 valence electrons. The van der Waals surface area contributed by atoms with E-state index >= 15 is 0 Å². The van der Waals surface area contributed by atoms with Crippen LogP contribution in [0, 0.1) is 0 Å². The Hall–Kier alpha value is -2.83. The number of hydrogen-bond donors (Lipinski definition) is 1. The lowest BCUT2D eigenvalue weighted by atomic mass is 9.86. The van der Waals surface area contributed by atoms with Gasteiger partial charge in [-0.1, -0.05) is 74.8 Å². The molecule has 0 atom stereocenters. The van der Waals surface area contributed by atoms with Crippen LogP contribution in [0.4, 0.5) is 0 Å². The molecule has 3 aromatic rings. The number of amides is 1. The van der Waals surface area contributed by atoms with Gasteiger partial charge >= 0.3 is 0 Å². The first-order chi connectivity index (χ1) is 16.7. The Kier molecular flexibility index (Phi) is 9.35. The smallest absolute Gasteiger partial charge is 0.244 e. The Bertz CT molecular complexity index is 1190. The summed E-state index contributed by atoms with van der Waals surface area (Å²) in [5.74, 6) is 0.959. The molecule has 0 unspecified atom stereocenters. The van der Waals surface area contributed by atoms with Crippen molar-refractivity contribution in [1.29, 1.82) is 0 Å². The highest BCUT2D eigenvalue weighted by Gasteiger charge is 2.14. The number of ether oxygens (including phenoxy) is 2. The molecule has 0 aliphatic carbocycles. The molecule has 0 bridgehead atoms. The highest BCUT2D eigenvalue weighted by molar-refractivity contribution is 9.10. The summed E-state index contributed by atoms with van der Waals surface area (Å²) in [4.78, 5) is 12.3. The third kappa shape index (κ3) is 7.84. The number of carbonyl (C=O) groups excluding carboxylic acids is 1. The fourth-order valence-electron chi connectivity index (χ4n) is 3.36. The third-order valence-electron chi connectivity index (χ3n) is 5.25. The minimum atomic E-state index is -0.187. The number of nitrogens with zero attached hydrogens (tertiary/aromatic N) is 1. The van der Waals surface area contributed by atoms with Gasteiger partial charge in [0.2, 0.25) is 5.91 Å². The second kappa shape index (κ2) is 12.2. The molecule has 3 rings (SSSR count). The van der Waals surface area contributed by atoms with Crippen molar-refractivity contribution in [2.75, 3.05) is 6.61 Å². The van der Waals surface area contributed by atoms with Gasteiger partial charge < -0.3 is 9.47 Å². The number of carbonyl (C=O) groups is 1. The van der Waals surface area contributed by atoms with Crippen molar-refractivity contribution in [3.63, 3.8) is 0 Å². The van der Waals surface area contributed by atoms with Crippen LogP contribution in [0.1, 0.15) is 49.9 Å². The lowest BCUT2D eigenvalue weighted by Crippen LogP contribution is -2.20. The molecular weight excluding hydrogens is 528 g/mol. The van der Waals surface area contributed by atoms with Crippen LogP contribution in [-0.4, -0.2) is 18.7 Å². The van der Waals surface area contributed by atoms with Crippen molar-refractivity contribution in [1.82, 2.24) is 5.43 Å². The molecule has 0 aromatic heterocycles. The molecule has 0 saturated carbocycles. The maximum Gasteiger partial charge on any atom is 0.244 e. The predicted octanol–water partition coefficient (Wildman–Crippen LogP) is 7.07. The van der Waals surface area contributed by atoms with Crippen LogP contribution in [-0.2, 0) is 23.2 Å². The van der Waals surface area contributed by atoms with E-state index < -0.39 is 0 Å². The van der Waals surface area contributed by atoms with Gasteiger partial charge in [0, 0.05) is 10.6 Å². The van der Waals surface area contributed by atoms with Crippen LogP contribution in [0.2, 0.25) is 5.02 Å².